The second kappa shape index (κ2) is 7.23. The monoisotopic (exact) mass is 407 g/mol. The maximum absolute atomic E-state index is 12.1. The zero-order valence-corrected chi connectivity index (χ0v) is 15.0. The van der Waals surface area contributed by atoms with Crippen LogP contribution in [0.4, 0.5) is 0 Å². The summed E-state index contributed by atoms with van der Waals surface area (Å²) in [6, 6.07) is 1.87. The molecule has 1 heterocycles. The summed E-state index contributed by atoms with van der Waals surface area (Å²) in [5.74, 6) is 1.60. The molecule has 2 nitrogen and oxygen atoms in total. The van der Waals surface area contributed by atoms with Crippen molar-refractivity contribution >= 4 is 49.1 Å². The minimum atomic E-state index is 0.0337. The van der Waals surface area contributed by atoms with Gasteiger partial charge in [-0.25, -0.2) is 0 Å². The number of thiophene rings is 1. The van der Waals surface area contributed by atoms with E-state index >= 15 is 0 Å². The van der Waals surface area contributed by atoms with Gasteiger partial charge in [0.1, 0.15) is 0 Å². The van der Waals surface area contributed by atoms with Crippen LogP contribution in [0.3, 0.4) is 0 Å². The van der Waals surface area contributed by atoms with Crippen LogP contribution in [0, 0.1) is 11.8 Å². The summed E-state index contributed by atoms with van der Waals surface area (Å²) < 4.78 is 1.87. The number of halogens is 2. The van der Waals surface area contributed by atoms with Crippen LogP contribution >= 0.6 is 43.2 Å². The molecule has 1 N–H and O–H groups in total. The van der Waals surface area contributed by atoms with Crippen molar-refractivity contribution in [1.82, 2.24) is 5.32 Å². The zero-order chi connectivity index (χ0) is 13.8. The molecule has 1 aromatic rings. The molecule has 0 bridgehead atoms. The van der Waals surface area contributed by atoms with Crippen LogP contribution in [0.15, 0.2) is 13.6 Å². The molecule has 0 atom stereocenters. The van der Waals surface area contributed by atoms with E-state index in [1.807, 2.05) is 6.07 Å². The van der Waals surface area contributed by atoms with E-state index in [1.54, 1.807) is 0 Å². The lowest BCUT2D eigenvalue weighted by molar-refractivity contribution is 0.0941. The van der Waals surface area contributed by atoms with Gasteiger partial charge in [-0.3, -0.25) is 4.79 Å². The van der Waals surface area contributed by atoms with Gasteiger partial charge in [0, 0.05) is 6.54 Å². The highest BCUT2D eigenvalue weighted by molar-refractivity contribution is 9.12. The molecule has 0 unspecified atom stereocenters. The van der Waals surface area contributed by atoms with Crippen molar-refractivity contribution in [3.63, 3.8) is 0 Å². The molecule has 2 rings (SSSR count). The third-order valence-electron chi connectivity index (χ3n) is 4.00. The van der Waals surface area contributed by atoms with Gasteiger partial charge in [-0.2, -0.15) is 0 Å². The fourth-order valence-electron chi connectivity index (χ4n) is 2.67. The highest BCUT2D eigenvalue weighted by atomic mass is 79.9. The maximum Gasteiger partial charge on any atom is 0.253 e. The van der Waals surface area contributed by atoms with Crippen molar-refractivity contribution < 1.29 is 4.79 Å². The fraction of sp³-hybridized carbons (Fsp3) is 0.643. The summed E-state index contributed by atoms with van der Waals surface area (Å²) in [5.41, 5.74) is 0.735. The van der Waals surface area contributed by atoms with E-state index in [0.717, 1.165) is 25.6 Å². The van der Waals surface area contributed by atoms with E-state index in [-0.39, 0.29) is 5.91 Å². The van der Waals surface area contributed by atoms with E-state index in [9.17, 15) is 4.79 Å². The summed E-state index contributed by atoms with van der Waals surface area (Å²) in [7, 11) is 0. The number of rotatable bonds is 4. The van der Waals surface area contributed by atoms with E-state index in [4.69, 9.17) is 0 Å². The van der Waals surface area contributed by atoms with E-state index < -0.39 is 0 Å². The molecule has 1 aliphatic carbocycles. The highest BCUT2D eigenvalue weighted by Gasteiger charge is 2.21. The molecular formula is C14H19Br2NOS. The molecule has 0 radical (unpaired) electrons. The van der Waals surface area contributed by atoms with Crippen LogP contribution in [0.2, 0.25) is 0 Å². The first-order valence-corrected chi connectivity index (χ1v) is 9.23. The molecule has 1 aromatic heterocycles. The van der Waals surface area contributed by atoms with Crippen molar-refractivity contribution in [2.45, 2.75) is 39.0 Å². The second-order valence-corrected chi connectivity index (χ2v) is 8.99. The van der Waals surface area contributed by atoms with E-state index in [0.29, 0.717) is 5.92 Å². The number of carbonyl (C=O) groups is 1. The molecule has 1 saturated carbocycles. The Morgan fingerprint density at radius 3 is 2.47 bits per heavy atom. The largest absolute Gasteiger partial charge is 0.352 e. The van der Waals surface area contributed by atoms with Crippen molar-refractivity contribution in [3.8, 4) is 0 Å². The Kier molecular flexibility index (Phi) is 5.90. The summed E-state index contributed by atoms with van der Waals surface area (Å²) in [6.07, 6.45) is 6.46. The Hall–Kier alpha value is 0.130. The molecule has 5 heteroatoms. The Balaban J connectivity index is 1.80. The molecule has 106 valence electrons. The van der Waals surface area contributed by atoms with Crippen LogP contribution in [-0.2, 0) is 0 Å². The standard InChI is InChI=1S/C14H19Br2NOS/c1-2-9-3-5-10(6-4-9)8-17-14(18)11-7-12(15)19-13(11)16/h7,9-10H,2-6,8H2,1H3,(H,17,18). The molecule has 19 heavy (non-hydrogen) atoms. The first-order chi connectivity index (χ1) is 9.10. The summed E-state index contributed by atoms with van der Waals surface area (Å²) >= 11 is 8.37. The molecule has 1 aliphatic rings. The summed E-state index contributed by atoms with van der Waals surface area (Å²) in [5, 5.41) is 3.07. The van der Waals surface area contributed by atoms with Crippen LogP contribution in [0.1, 0.15) is 49.4 Å². The first kappa shape index (κ1) is 15.5. The Morgan fingerprint density at radius 2 is 1.95 bits per heavy atom. The molecule has 1 fully saturated rings. The van der Waals surface area contributed by atoms with Crippen LogP contribution < -0.4 is 5.32 Å². The SMILES string of the molecule is CCC1CCC(CNC(=O)c2cc(Br)sc2Br)CC1. The van der Waals surface area contributed by atoms with Gasteiger partial charge in [-0.1, -0.05) is 26.2 Å². The third-order valence-corrected chi connectivity index (χ3v) is 6.34. The van der Waals surface area contributed by atoms with Crippen molar-refractivity contribution in [2.24, 2.45) is 11.8 Å². The van der Waals surface area contributed by atoms with Gasteiger partial charge in [0.2, 0.25) is 0 Å². The van der Waals surface area contributed by atoms with Gasteiger partial charge in [0.05, 0.1) is 13.1 Å². The van der Waals surface area contributed by atoms with Crippen molar-refractivity contribution in [3.05, 3.63) is 19.2 Å². The predicted octanol–water partition coefficient (Wildman–Crippen LogP) is 5.22. The highest BCUT2D eigenvalue weighted by Crippen LogP contribution is 2.32. The number of amides is 1. The smallest absolute Gasteiger partial charge is 0.253 e. The van der Waals surface area contributed by atoms with Gasteiger partial charge in [-0.05, 0) is 62.6 Å². The summed E-state index contributed by atoms with van der Waals surface area (Å²) in [6.45, 7) is 3.09. The minimum Gasteiger partial charge on any atom is -0.352 e. The second-order valence-electron chi connectivity index (χ2n) is 5.24. The van der Waals surface area contributed by atoms with Crippen molar-refractivity contribution in [1.29, 1.82) is 0 Å². The van der Waals surface area contributed by atoms with Crippen LogP contribution in [-0.4, -0.2) is 12.5 Å². The topological polar surface area (TPSA) is 29.1 Å². The number of hydrogen-bond acceptors (Lipinski definition) is 2. The number of carbonyl (C=O) groups excluding carboxylic acids is 1. The Bertz CT molecular complexity index is 439. The quantitative estimate of drug-likeness (QED) is 0.726. The molecule has 0 saturated heterocycles. The Morgan fingerprint density at radius 1 is 1.32 bits per heavy atom. The Labute approximate surface area is 135 Å². The average Bonchev–Trinajstić information content (AvgIpc) is 2.75. The number of hydrogen-bond donors (Lipinski definition) is 1. The lowest BCUT2D eigenvalue weighted by Crippen LogP contribution is -2.31. The number of nitrogens with one attached hydrogen (secondary N) is 1. The lowest BCUT2D eigenvalue weighted by atomic mass is 9.81. The van der Waals surface area contributed by atoms with Gasteiger partial charge in [-0.15, -0.1) is 11.3 Å². The van der Waals surface area contributed by atoms with E-state index in [1.165, 1.54) is 43.4 Å². The molecule has 0 aliphatic heterocycles. The van der Waals surface area contributed by atoms with Gasteiger partial charge >= 0.3 is 0 Å². The lowest BCUT2D eigenvalue weighted by Gasteiger charge is -2.27. The van der Waals surface area contributed by atoms with Crippen LogP contribution in [0.25, 0.3) is 0 Å². The normalized spacial score (nSPS) is 23.3. The fourth-order valence-corrected chi connectivity index (χ4v) is 5.46. The van der Waals surface area contributed by atoms with E-state index in [2.05, 4.69) is 44.1 Å². The molecule has 0 aromatic carbocycles. The molecular weight excluding hydrogens is 390 g/mol. The van der Waals surface area contributed by atoms with Crippen molar-refractivity contribution in [2.75, 3.05) is 6.54 Å². The molecule has 1 amide bonds. The molecule has 0 spiro atoms. The van der Waals surface area contributed by atoms with Gasteiger partial charge in [0.15, 0.2) is 0 Å². The maximum atomic E-state index is 12.1. The third kappa shape index (κ3) is 4.30. The average molecular weight is 409 g/mol. The van der Waals surface area contributed by atoms with Crippen LogP contribution in [0.5, 0.6) is 0 Å². The predicted molar refractivity (Wildman–Crippen MR) is 87.8 cm³/mol. The van der Waals surface area contributed by atoms with Gasteiger partial charge in [0.25, 0.3) is 5.91 Å². The first-order valence-electron chi connectivity index (χ1n) is 6.83. The zero-order valence-electron chi connectivity index (χ0n) is 11.0. The van der Waals surface area contributed by atoms with Gasteiger partial charge < -0.3 is 5.32 Å². The summed E-state index contributed by atoms with van der Waals surface area (Å²) in [4.78, 5) is 12.1. The minimum absolute atomic E-state index is 0.0337.